The summed E-state index contributed by atoms with van der Waals surface area (Å²) in [5.74, 6) is -0.324. The molecule has 1 aliphatic heterocycles. The zero-order chi connectivity index (χ0) is 23.8. The van der Waals surface area contributed by atoms with E-state index in [-0.39, 0.29) is 53.7 Å². The highest BCUT2D eigenvalue weighted by Gasteiger charge is 2.32. The van der Waals surface area contributed by atoms with Gasteiger partial charge in [-0.1, -0.05) is 5.10 Å². The zero-order valence-electron chi connectivity index (χ0n) is 18.8. The molecule has 11 nitrogen and oxygen atoms in total. The van der Waals surface area contributed by atoms with Crippen LogP contribution in [0.4, 0.5) is 6.01 Å². The molecule has 1 aliphatic rings. The van der Waals surface area contributed by atoms with Crippen LogP contribution < -0.4 is 5.32 Å². The van der Waals surface area contributed by atoms with Gasteiger partial charge in [0.05, 0.1) is 17.1 Å². The lowest BCUT2D eigenvalue weighted by molar-refractivity contribution is -0.0440. The van der Waals surface area contributed by atoms with Crippen molar-refractivity contribution in [2.75, 3.05) is 18.4 Å². The van der Waals surface area contributed by atoms with Crippen molar-refractivity contribution in [3.63, 3.8) is 0 Å². The summed E-state index contributed by atoms with van der Waals surface area (Å²) in [5, 5.41) is 14.6. The molecule has 12 heteroatoms. The first-order valence-electron chi connectivity index (χ1n) is 10.6. The van der Waals surface area contributed by atoms with Crippen LogP contribution in [0.2, 0.25) is 0 Å². The number of aromatic nitrogens is 4. The Morgan fingerprint density at radius 1 is 1.09 bits per heavy atom. The summed E-state index contributed by atoms with van der Waals surface area (Å²) in [4.78, 5) is 12.7. The van der Waals surface area contributed by atoms with Crippen LogP contribution in [0, 0.1) is 0 Å². The van der Waals surface area contributed by atoms with Gasteiger partial charge in [0.15, 0.2) is 0 Å². The van der Waals surface area contributed by atoms with E-state index in [0.717, 1.165) is 0 Å². The fourth-order valence-corrected chi connectivity index (χ4v) is 5.13. The van der Waals surface area contributed by atoms with Crippen molar-refractivity contribution < 1.29 is 22.4 Å². The molecule has 1 saturated heterocycles. The fourth-order valence-electron chi connectivity index (χ4n) is 3.54. The number of anilines is 1. The third-order valence-electron chi connectivity index (χ3n) is 5.14. The minimum atomic E-state index is -3.69. The third kappa shape index (κ3) is 4.97. The van der Waals surface area contributed by atoms with Crippen LogP contribution >= 0.6 is 0 Å². The Hall–Kier alpha value is -3.09. The molecule has 4 rings (SSSR count). The molecule has 1 aromatic carbocycles. The van der Waals surface area contributed by atoms with E-state index >= 15 is 0 Å². The maximum atomic E-state index is 13.0. The summed E-state index contributed by atoms with van der Waals surface area (Å²) in [6.45, 7) is 8.23. The number of sulfonamides is 1. The van der Waals surface area contributed by atoms with Crippen molar-refractivity contribution in [2.45, 2.75) is 50.8 Å². The Balaban J connectivity index is 1.44. The molecule has 0 radical (unpaired) electrons. The molecule has 3 heterocycles. The van der Waals surface area contributed by atoms with Crippen LogP contribution in [0.15, 0.2) is 45.8 Å². The summed E-state index contributed by atoms with van der Waals surface area (Å²) in [6.07, 6.45) is 1.43. The zero-order valence-corrected chi connectivity index (χ0v) is 19.6. The number of amides is 1. The highest BCUT2D eigenvalue weighted by atomic mass is 32.2. The van der Waals surface area contributed by atoms with Gasteiger partial charge in [0, 0.05) is 30.9 Å². The lowest BCUT2D eigenvalue weighted by Gasteiger charge is -2.34. The lowest BCUT2D eigenvalue weighted by Crippen LogP contribution is -2.48. The number of ether oxygens (including phenoxy) is 1. The normalized spacial score (nSPS) is 19.7. The molecule has 0 aliphatic carbocycles. The second-order valence-corrected chi connectivity index (χ2v) is 10.2. The van der Waals surface area contributed by atoms with Gasteiger partial charge in [-0.05, 0) is 58.0 Å². The summed E-state index contributed by atoms with van der Waals surface area (Å²) < 4.78 is 40.2. The third-order valence-corrected chi connectivity index (χ3v) is 6.99. The van der Waals surface area contributed by atoms with Crippen molar-refractivity contribution in [1.29, 1.82) is 0 Å². The molecular weight excluding hydrogens is 448 g/mol. The number of hydrogen-bond acceptors (Lipinski definition) is 8. The average molecular weight is 475 g/mol. The maximum Gasteiger partial charge on any atom is 0.322 e. The molecule has 0 bridgehead atoms. The number of carbonyl (C=O) groups excluding carboxylic acids is 1. The second kappa shape index (κ2) is 9.04. The van der Waals surface area contributed by atoms with Crippen LogP contribution in [0.25, 0.3) is 11.6 Å². The minimum Gasteiger partial charge on any atom is -0.401 e. The van der Waals surface area contributed by atoms with Crippen LogP contribution in [0.5, 0.6) is 0 Å². The van der Waals surface area contributed by atoms with E-state index in [4.69, 9.17) is 9.15 Å². The number of nitrogens with one attached hydrogen (secondary N) is 1. The summed E-state index contributed by atoms with van der Waals surface area (Å²) in [5.41, 5.74) is 0.750. The molecule has 0 spiro atoms. The molecule has 2 atom stereocenters. The summed E-state index contributed by atoms with van der Waals surface area (Å²) in [7, 11) is -3.69. The fraction of sp³-hybridized carbons (Fsp3) is 0.429. The highest BCUT2D eigenvalue weighted by molar-refractivity contribution is 7.89. The Bertz CT molecular complexity index is 1220. The van der Waals surface area contributed by atoms with E-state index in [1.807, 2.05) is 27.7 Å². The SMILES string of the molecule is CC1CN(S(=O)(=O)c2ccc(C(=O)Nc3nnc(-c4ccn(C(C)C)n4)o3)cc2)CC(C)O1. The van der Waals surface area contributed by atoms with Crippen molar-refractivity contribution >= 4 is 21.9 Å². The van der Waals surface area contributed by atoms with Crippen molar-refractivity contribution in [2.24, 2.45) is 0 Å². The quantitative estimate of drug-likeness (QED) is 0.576. The predicted molar refractivity (Wildman–Crippen MR) is 119 cm³/mol. The number of carbonyl (C=O) groups is 1. The molecular formula is C21H26N6O5S. The molecule has 2 aromatic heterocycles. The summed E-state index contributed by atoms with van der Waals surface area (Å²) in [6, 6.07) is 7.55. The van der Waals surface area contributed by atoms with Gasteiger partial charge < -0.3 is 9.15 Å². The topological polar surface area (TPSA) is 132 Å². The van der Waals surface area contributed by atoms with Crippen LogP contribution in [-0.4, -0.2) is 63.9 Å². The first kappa shape index (κ1) is 23.1. The standard InChI is InChI=1S/C21H26N6O5S/c1-13(2)27-10-9-18(25-27)20-23-24-21(32-20)22-19(28)16-5-7-17(8-6-16)33(29,30)26-11-14(3)31-15(4)12-26/h5-10,13-15H,11-12H2,1-4H3,(H,22,24,28). The molecule has 33 heavy (non-hydrogen) atoms. The van der Waals surface area contributed by atoms with Crippen LogP contribution in [0.1, 0.15) is 44.1 Å². The Morgan fingerprint density at radius 2 is 1.76 bits per heavy atom. The van der Waals surface area contributed by atoms with Crippen molar-refractivity contribution in [1.82, 2.24) is 24.3 Å². The largest absolute Gasteiger partial charge is 0.401 e. The first-order valence-corrected chi connectivity index (χ1v) is 12.0. The van der Waals surface area contributed by atoms with E-state index in [9.17, 15) is 13.2 Å². The molecule has 176 valence electrons. The molecule has 1 amide bonds. The minimum absolute atomic E-state index is 0.0814. The Kier molecular flexibility index (Phi) is 6.32. The number of morpholine rings is 1. The maximum absolute atomic E-state index is 13.0. The van der Waals surface area contributed by atoms with E-state index in [1.165, 1.54) is 28.6 Å². The monoisotopic (exact) mass is 474 g/mol. The van der Waals surface area contributed by atoms with Gasteiger partial charge in [-0.3, -0.25) is 14.8 Å². The molecule has 2 unspecified atom stereocenters. The van der Waals surface area contributed by atoms with E-state index < -0.39 is 15.9 Å². The smallest absolute Gasteiger partial charge is 0.322 e. The molecule has 0 saturated carbocycles. The first-order chi connectivity index (χ1) is 15.6. The number of rotatable bonds is 6. The molecule has 1 fully saturated rings. The Labute approximate surface area is 191 Å². The highest BCUT2D eigenvalue weighted by Crippen LogP contribution is 2.22. The Morgan fingerprint density at radius 3 is 2.36 bits per heavy atom. The van der Waals surface area contributed by atoms with Crippen LogP contribution in [0.3, 0.4) is 0 Å². The van der Waals surface area contributed by atoms with E-state index in [0.29, 0.717) is 5.69 Å². The average Bonchev–Trinajstić information content (AvgIpc) is 3.43. The molecule has 1 N–H and O–H groups in total. The van der Waals surface area contributed by atoms with Crippen LogP contribution in [-0.2, 0) is 14.8 Å². The van der Waals surface area contributed by atoms with Gasteiger partial charge in [-0.25, -0.2) is 8.42 Å². The van der Waals surface area contributed by atoms with Gasteiger partial charge in [0.2, 0.25) is 10.0 Å². The second-order valence-electron chi connectivity index (χ2n) is 8.24. The van der Waals surface area contributed by atoms with Gasteiger partial charge >= 0.3 is 6.01 Å². The van der Waals surface area contributed by atoms with E-state index in [1.54, 1.807) is 16.9 Å². The van der Waals surface area contributed by atoms with Gasteiger partial charge in [0.25, 0.3) is 11.8 Å². The van der Waals surface area contributed by atoms with Crippen molar-refractivity contribution in [3.8, 4) is 11.6 Å². The molecule has 3 aromatic rings. The van der Waals surface area contributed by atoms with Gasteiger partial charge in [-0.2, -0.15) is 9.40 Å². The van der Waals surface area contributed by atoms with E-state index in [2.05, 4.69) is 20.6 Å². The van der Waals surface area contributed by atoms with Crippen molar-refractivity contribution in [3.05, 3.63) is 42.1 Å². The summed E-state index contributed by atoms with van der Waals surface area (Å²) >= 11 is 0. The van der Waals surface area contributed by atoms with Gasteiger partial charge in [-0.15, -0.1) is 5.10 Å². The number of hydrogen-bond donors (Lipinski definition) is 1. The number of nitrogens with zero attached hydrogens (tertiary/aromatic N) is 5. The number of benzene rings is 1. The lowest BCUT2D eigenvalue weighted by atomic mass is 10.2. The van der Waals surface area contributed by atoms with Gasteiger partial charge in [0.1, 0.15) is 5.69 Å². The predicted octanol–water partition coefficient (Wildman–Crippen LogP) is 2.56.